The number of nitrogens with one attached hydrogen (secondary N) is 1. The lowest BCUT2D eigenvalue weighted by Gasteiger charge is -2.17. The zero-order valence-electron chi connectivity index (χ0n) is 10.4. The highest BCUT2D eigenvalue weighted by atomic mass is 16.7. The van der Waals surface area contributed by atoms with Crippen LogP contribution in [0.1, 0.15) is 71.6 Å². The quantitative estimate of drug-likeness (QED) is 0.489. The van der Waals surface area contributed by atoms with E-state index in [0.29, 0.717) is 12.1 Å². The molecule has 2 heteroatoms. The first-order valence-electron chi connectivity index (χ1n) is 6.74. The van der Waals surface area contributed by atoms with Gasteiger partial charge in [-0.2, -0.15) is 5.48 Å². The van der Waals surface area contributed by atoms with Crippen LogP contribution in [-0.2, 0) is 4.84 Å². The van der Waals surface area contributed by atoms with Crippen molar-refractivity contribution in [3.05, 3.63) is 0 Å². The maximum absolute atomic E-state index is 5.67. The second kappa shape index (κ2) is 8.12. The first-order valence-corrected chi connectivity index (χ1v) is 6.74. The van der Waals surface area contributed by atoms with Crippen LogP contribution < -0.4 is 5.48 Å². The fourth-order valence-corrected chi connectivity index (χ4v) is 2.15. The maximum Gasteiger partial charge on any atom is 0.0790 e. The van der Waals surface area contributed by atoms with Gasteiger partial charge in [0.2, 0.25) is 0 Å². The molecule has 0 spiro atoms. The van der Waals surface area contributed by atoms with Gasteiger partial charge in [0.15, 0.2) is 0 Å². The van der Waals surface area contributed by atoms with Crippen molar-refractivity contribution in [2.24, 2.45) is 0 Å². The van der Waals surface area contributed by atoms with Gasteiger partial charge in [0.1, 0.15) is 0 Å². The van der Waals surface area contributed by atoms with Gasteiger partial charge < -0.3 is 0 Å². The molecule has 1 rings (SSSR count). The van der Waals surface area contributed by atoms with Crippen molar-refractivity contribution in [3.63, 3.8) is 0 Å². The van der Waals surface area contributed by atoms with Crippen molar-refractivity contribution in [2.45, 2.75) is 83.8 Å². The highest BCUT2D eigenvalue weighted by molar-refractivity contribution is 4.66. The molecule has 1 N–H and O–H groups in total. The molecular formula is C13H27NO. The monoisotopic (exact) mass is 213 g/mol. The molecule has 15 heavy (non-hydrogen) atoms. The molecule has 90 valence electrons. The molecule has 0 aromatic rings. The number of rotatable bonds is 8. The summed E-state index contributed by atoms with van der Waals surface area (Å²) >= 11 is 0. The van der Waals surface area contributed by atoms with E-state index in [1.54, 1.807) is 0 Å². The van der Waals surface area contributed by atoms with Gasteiger partial charge in [-0.25, -0.2) is 0 Å². The van der Waals surface area contributed by atoms with Gasteiger partial charge in [-0.05, 0) is 26.2 Å². The maximum atomic E-state index is 5.67. The average Bonchev–Trinajstić information content (AvgIpc) is 2.74. The molecule has 0 bridgehead atoms. The van der Waals surface area contributed by atoms with E-state index >= 15 is 0 Å². The molecule has 0 aliphatic heterocycles. The van der Waals surface area contributed by atoms with Crippen LogP contribution in [-0.4, -0.2) is 12.1 Å². The van der Waals surface area contributed by atoms with Crippen molar-refractivity contribution < 1.29 is 4.84 Å². The van der Waals surface area contributed by atoms with Gasteiger partial charge in [-0.3, -0.25) is 4.84 Å². The molecule has 1 fully saturated rings. The summed E-state index contributed by atoms with van der Waals surface area (Å²) < 4.78 is 0. The SMILES string of the molecule is CCCCCCC(C)NOC1CCCC1. The van der Waals surface area contributed by atoms with E-state index in [1.807, 2.05) is 0 Å². The fourth-order valence-electron chi connectivity index (χ4n) is 2.15. The standard InChI is InChI=1S/C13H27NO/c1-3-4-5-6-9-12(2)14-15-13-10-7-8-11-13/h12-14H,3-11H2,1-2H3. The minimum atomic E-state index is 0.489. The summed E-state index contributed by atoms with van der Waals surface area (Å²) in [4.78, 5) is 5.67. The topological polar surface area (TPSA) is 21.3 Å². The second-order valence-corrected chi connectivity index (χ2v) is 4.89. The fraction of sp³-hybridized carbons (Fsp3) is 1.00. The summed E-state index contributed by atoms with van der Waals surface area (Å²) in [6, 6.07) is 0.516. The number of hydrogen-bond donors (Lipinski definition) is 1. The summed E-state index contributed by atoms with van der Waals surface area (Å²) in [5.41, 5.74) is 3.20. The molecule has 1 atom stereocenters. The predicted octanol–water partition coefficient (Wildman–Crippen LogP) is 3.81. The molecule has 0 aromatic heterocycles. The molecule has 1 saturated carbocycles. The van der Waals surface area contributed by atoms with Crippen LogP contribution in [0.4, 0.5) is 0 Å². The Morgan fingerprint density at radius 2 is 1.93 bits per heavy atom. The molecule has 0 aromatic carbocycles. The molecule has 1 aliphatic carbocycles. The highest BCUT2D eigenvalue weighted by Gasteiger charge is 2.16. The molecule has 1 aliphatic rings. The van der Waals surface area contributed by atoms with E-state index in [2.05, 4.69) is 19.3 Å². The first-order chi connectivity index (χ1) is 7.33. The van der Waals surface area contributed by atoms with E-state index in [9.17, 15) is 0 Å². The average molecular weight is 213 g/mol. The molecule has 1 unspecified atom stereocenters. The smallest absolute Gasteiger partial charge is 0.0790 e. The van der Waals surface area contributed by atoms with Crippen molar-refractivity contribution in [2.75, 3.05) is 0 Å². The Balaban J connectivity index is 1.90. The third-order valence-corrected chi connectivity index (χ3v) is 3.23. The summed E-state index contributed by atoms with van der Waals surface area (Å²) in [6.07, 6.45) is 12.3. The van der Waals surface area contributed by atoms with Crippen LogP contribution in [0.15, 0.2) is 0 Å². The van der Waals surface area contributed by atoms with E-state index in [4.69, 9.17) is 4.84 Å². The van der Waals surface area contributed by atoms with E-state index in [1.165, 1.54) is 57.8 Å². The van der Waals surface area contributed by atoms with Gasteiger partial charge in [0, 0.05) is 6.04 Å². The van der Waals surface area contributed by atoms with Crippen LogP contribution in [0.2, 0.25) is 0 Å². The highest BCUT2D eigenvalue weighted by Crippen LogP contribution is 2.20. The Labute approximate surface area is 94.7 Å². The zero-order valence-corrected chi connectivity index (χ0v) is 10.4. The second-order valence-electron chi connectivity index (χ2n) is 4.89. The zero-order chi connectivity index (χ0) is 10.9. The van der Waals surface area contributed by atoms with E-state index < -0.39 is 0 Å². The molecule has 0 amide bonds. The number of unbranched alkanes of at least 4 members (excludes halogenated alkanes) is 3. The Hall–Kier alpha value is -0.0800. The number of hydrogen-bond acceptors (Lipinski definition) is 2. The molecule has 0 heterocycles. The Morgan fingerprint density at radius 3 is 2.60 bits per heavy atom. The van der Waals surface area contributed by atoms with E-state index in [-0.39, 0.29) is 0 Å². The Morgan fingerprint density at radius 1 is 1.20 bits per heavy atom. The van der Waals surface area contributed by atoms with Gasteiger partial charge in [-0.1, -0.05) is 45.4 Å². The molecule has 0 saturated heterocycles. The van der Waals surface area contributed by atoms with E-state index in [0.717, 1.165) is 0 Å². The first kappa shape index (κ1) is 13.0. The van der Waals surface area contributed by atoms with Gasteiger partial charge in [0.25, 0.3) is 0 Å². The van der Waals surface area contributed by atoms with Crippen molar-refractivity contribution in [1.29, 1.82) is 0 Å². The van der Waals surface area contributed by atoms with Crippen LogP contribution >= 0.6 is 0 Å². The van der Waals surface area contributed by atoms with Crippen LogP contribution in [0.25, 0.3) is 0 Å². The van der Waals surface area contributed by atoms with Crippen LogP contribution in [0.3, 0.4) is 0 Å². The Kier molecular flexibility index (Phi) is 7.03. The lowest BCUT2D eigenvalue weighted by atomic mass is 10.1. The summed E-state index contributed by atoms with van der Waals surface area (Å²) in [5, 5.41) is 0. The van der Waals surface area contributed by atoms with Crippen LogP contribution in [0, 0.1) is 0 Å². The summed E-state index contributed by atoms with van der Waals surface area (Å²) in [6.45, 7) is 4.48. The van der Waals surface area contributed by atoms with Gasteiger partial charge in [0.05, 0.1) is 6.10 Å². The Bertz CT molecular complexity index is 143. The minimum Gasteiger partial charge on any atom is -0.298 e. The third kappa shape index (κ3) is 6.16. The molecular weight excluding hydrogens is 186 g/mol. The van der Waals surface area contributed by atoms with Crippen LogP contribution in [0.5, 0.6) is 0 Å². The lowest BCUT2D eigenvalue weighted by molar-refractivity contribution is -0.0386. The largest absolute Gasteiger partial charge is 0.298 e. The normalized spacial score (nSPS) is 19.6. The third-order valence-electron chi connectivity index (χ3n) is 3.23. The molecule has 0 radical (unpaired) electrons. The van der Waals surface area contributed by atoms with Crippen molar-refractivity contribution in [3.8, 4) is 0 Å². The summed E-state index contributed by atoms with van der Waals surface area (Å²) in [7, 11) is 0. The lowest BCUT2D eigenvalue weighted by Crippen LogP contribution is -2.30. The molecule has 2 nitrogen and oxygen atoms in total. The van der Waals surface area contributed by atoms with Crippen molar-refractivity contribution in [1.82, 2.24) is 5.48 Å². The summed E-state index contributed by atoms with van der Waals surface area (Å²) in [5.74, 6) is 0. The number of hydroxylamine groups is 1. The predicted molar refractivity (Wildman–Crippen MR) is 64.7 cm³/mol. The van der Waals surface area contributed by atoms with Gasteiger partial charge in [-0.15, -0.1) is 0 Å². The minimum absolute atomic E-state index is 0.489. The van der Waals surface area contributed by atoms with Crippen molar-refractivity contribution >= 4 is 0 Å². The van der Waals surface area contributed by atoms with Gasteiger partial charge >= 0.3 is 0 Å².